The van der Waals surface area contributed by atoms with Gasteiger partial charge in [-0.05, 0) is 124 Å². The van der Waals surface area contributed by atoms with Crippen LogP contribution >= 0.6 is 0 Å². The van der Waals surface area contributed by atoms with Crippen molar-refractivity contribution in [3.8, 4) is 35.2 Å². The molecular weight excluding hydrogens is 568 g/mol. The van der Waals surface area contributed by atoms with Crippen LogP contribution in [0.4, 0.5) is 0 Å². The largest absolute Gasteiger partial charge is 0.494 e. The highest BCUT2D eigenvalue weighted by molar-refractivity contribution is 5.81. The molecule has 3 aromatic rings. The van der Waals surface area contributed by atoms with Gasteiger partial charge in [-0.15, -0.1) is 0 Å². The summed E-state index contributed by atoms with van der Waals surface area (Å²) in [6, 6.07) is 18.9. The zero-order valence-corrected chi connectivity index (χ0v) is 25.7. The first-order valence-electron chi connectivity index (χ1n) is 15.2. The molecule has 0 aliphatic rings. The van der Waals surface area contributed by atoms with Crippen molar-refractivity contribution < 1.29 is 33.0 Å². The van der Waals surface area contributed by atoms with Gasteiger partial charge < -0.3 is 23.4 Å². The lowest BCUT2D eigenvalue weighted by Gasteiger charge is -2.06. The van der Waals surface area contributed by atoms with E-state index in [0.29, 0.717) is 37.9 Å². The minimum absolute atomic E-state index is 0.376. The van der Waals surface area contributed by atoms with Crippen LogP contribution in [0.1, 0.15) is 74.0 Å². The number of furan rings is 1. The summed E-state index contributed by atoms with van der Waals surface area (Å²) in [5.74, 6) is 14.2. The average molecular weight is 609 g/mol. The van der Waals surface area contributed by atoms with Gasteiger partial charge in [0.2, 0.25) is 0 Å². The Morgan fingerprint density at radius 3 is 1.29 bits per heavy atom. The third kappa shape index (κ3) is 14.7. The molecule has 0 spiro atoms. The number of ether oxygens (including phenoxy) is 4. The van der Waals surface area contributed by atoms with Gasteiger partial charge in [0, 0.05) is 23.3 Å². The molecule has 0 fully saturated rings. The van der Waals surface area contributed by atoms with Crippen molar-refractivity contribution >= 4 is 11.9 Å². The molecule has 234 valence electrons. The Kier molecular flexibility index (Phi) is 15.8. The molecule has 7 nitrogen and oxygen atoms in total. The van der Waals surface area contributed by atoms with Crippen molar-refractivity contribution in [1.29, 1.82) is 0 Å². The molecule has 0 atom stereocenters. The predicted molar refractivity (Wildman–Crippen MR) is 174 cm³/mol. The maximum absolute atomic E-state index is 11.0. The van der Waals surface area contributed by atoms with Gasteiger partial charge in [0.15, 0.2) is 11.5 Å². The number of carbonyl (C=O) groups is 2. The number of unbranched alkanes of at least 4 members (excludes halogenated alkanes) is 6. The summed E-state index contributed by atoms with van der Waals surface area (Å²) in [7, 11) is 0. The van der Waals surface area contributed by atoms with Crippen LogP contribution in [0.2, 0.25) is 0 Å². The summed E-state index contributed by atoms with van der Waals surface area (Å²) in [6.07, 6.45) is 9.87. The Hall–Kier alpha value is -5.14. The minimum Gasteiger partial charge on any atom is -0.494 e. The lowest BCUT2D eigenvalue weighted by Crippen LogP contribution is -2.02. The number of hydrogen-bond acceptors (Lipinski definition) is 7. The molecule has 2 aromatic carbocycles. The van der Waals surface area contributed by atoms with E-state index in [9.17, 15) is 9.59 Å². The maximum Gasteiger partial charge on any atom is 0.330 e. The quantitative estimate of drug-likeness (QED) is 0.0643. The lowest BCUT2D eigenvalue weighted by atomic mass is 10.2. The third-order valence-electron chi connectivity index (χ3n) is 6.41. The number of carbonyl (C=O) groups excluding carboxylic acids is 2. The first-order chi connectivity index (χ1) is 22.1. The standard InChI is InChI=1S/C38H40O7/c1-3-37(39)43-29-11-7-5-9-27-41-33-19-13-31(14-20-33)17-23-35-25-26-36(45-35)24-18-32-15-21-34(22-16-32)42-28-10-6-8-12-30-44-38(40)4-2/h3-4,13-16,19-22,25-26H,1-2,5-12,27-30H2. The van der Waals surface area contributed by atoms with Gasteiger partial charge in [0.1, 0.15) is 11.5 Å². The molecule has 1 aromatic heterocycles. The molecule has 0 saturated heterocycles. The Balaban J connectivity index is 1.32. The van der Waals surface area contributed by atoms with Crippen molar-refractivity contribution in [2.75, 3.05) is 26.4 Å². The monoisotopic (exact) mass is 608 g/mol. The van der Waals surface area contributed by atoms with Gasteiger partial charge in [-0.1, -0.05) is 25.0 Å². The van der Waals surface area contributed by atoms with Crippen molar-refractivity contribution in [3.63, 3.8) is 0 Å². The first-order valence-corrected chi connectivity index (χ1v) is 15.2. The van der Waals surface area contributed by atoms with Crippen molar-refractivity contribution in [2.45, 2.75) is 51.4 Å². The molecular formula is C38H40O7. The molecule has 0 saturated carbocycles. The van der Waals surface area contributed by atoms with Gasteiger partial charge in [0.25, 0.3) is 0 Å². The predicted octanol–water partition coefficient (Wildman–Crippen LogP) is 7.42. The van der Waals surface area contributed by atoms with Crippen LogP contribution in [0.15, 0.2) is 90.4 Å². The van der Waals surface area contributed by atoms with Gasteiger partial charge in [-0.2, -0.15) is 0 Å². The van der Waals surface area contributed by atoms with Crippen LogP contribution in [-0.2, 0) is 19.1 Å². The maximum atomic E-state index is 11.0. The van der Waals surface area contributed by atoms with E-state index >= 15 is 0 Å². The molecule has 0 radical (unpaired) electrons. The minimum atomic E-state index is -0.376. The van der Waals surface area contributed by atoms with Crippen LogP contribution < -0.4 is 9.47 Å². The highest BCUT2D eigenvalue weighted by Crippen LogP contribution is 2.15. The second-order valence-corrected chi connectivity index (χ2v) is 9.98. The van der Waals surface area contributed by atoms with Gasteiger partial charge in [-0.25, -0.2) is 9.59 Å². The smallest absolute Gasteiger partial charge is 0.330 e. The van der Waals surface area contributed by atoms with Crippen molar-refractivity contribution in [3.05, 3.63) is 109 Å². The van der Waals surface area contributed by atoms with Gasteiger partial charge in [-0.3, -0.25) is 0 Å². The van der Waals surface area contributed by atoms with E-state index in [0.717, 1.165) is 74.0 Å². The molecule has 0 aliphatic carbocycles. The summed E-state index contributed by atoms with van der Waals surface area (Å²) >= 11 is 0. The van der Waals surface area contributed by atoms with E-state index in [2.05, 4.69) is 36.8 Å². The fraction of sp³-hybridized carbons (Fsp3) is 0.316. The molecule has 1 heterocycles. The summed E-state index contributed by atoms with van der Waals surface area (Å²) in [4.78, 5) is 22.0. The molecule has 45 heavy (non-hydrogen) atoms. The summed E-state index contributed by atoms with van der Waals surface area (Å²) in [6.45, 7) is 8.86. The normalized spacial score (nSPS) is 9.96. The first kappa shape index (κ1) is 34.4. The number of esters is 2. The van der Waals surface area contributed by atoms with Crippen molar-refractivity contribution in [1.82, 2.24) is 0 Å². The molecule has 0 amide bonds. The van der Waals surface area contributed by atoms with Crippen LogP contribution in [-0.4, -0.2) is 38.4 Å². The zero-order valence-electron chi connectivity index (χ0n) is 25.7. The Bertz CT molecular complexity index is 1360. The molecule has 3 rings (SSSR count). The lowest BCUT2D eigenvalue weighted by molar-refractivity contribution is -0.138. The van der Waals surface area contributed by atoms with Gasteiger partial charge in [0.05, 0.1) is 26.4 Å². The zero-order chi connectivity index (χ0) is 32.0. The summed E-state index contributed by atoms with van der Waals surface area (Å²) in [5.41, 5.74) is 1.71. The van der Waals surface area contributed by atoms with Gasteiger partial charge >= 0.3 is 11.9 Å². The van der Waals surface area contributed by atoms with Crippen LogP contribution in [0.5, 0.6) is 11.5 Å². The molecule has 0 aliphatic heterocycles. The Morgan fingerprint density at radius 2 is 0.911 bits per heavy atom. The molecule has 0 bridgehead atoms. The summed E-state index contributed by atoms with van der Waals surface area (Å²) < 4.78 is 27.3. The number of rotatable bonds is 18. The van der Waals surface area contributed by atoms with E-state index in [-0.39, 0.29) is 11.9 Å². The Labute approximate surface area is 266 Å². The average Bonchev–Trinajstić information content (AvgIpc) is 3.53. The second-order valence-electron chi connectivity index (χ2n) is 9.98. The van der Waals surface area contributed by atoms with Crippen molar-refractivity contribution in [2.24, 2.45) is 0 Å². The summed E-state index contributed by atoms with van der Waals surface area (Å²) in [5, 5.41) is 0. The van der Waals surface area contributed by atoms with Crippen LogP contribution in [0.25, 0.3) is 0 Å². The van der Waals surface area contributed by atoms with Crippen LogP contribution in [0.3, 0.4) is 0 Å². The SMILES string of the molecule is C=CC(=O)OCCCCCCOc1ccc(C#Cc2ccc(C#Cc3ccc(OCCCCCCOC(=O)C=C)cc3)o2)cc1. The highest BCUT2D eigenvalue weighted by Gasteiger charge is 2.00. The topological polar surface area (TPSA) is 84.2 Å². The Morgan fingerprint density at radius 1 is 0.533 bits per heavy atom. The van der Waals surface area contributed by atoms with E-state index in [4.69, 9.17) is 23.4 Å². The number of hydrogen-bond donors (Lipinski definition) is 0. The molecule has 0 unspecified atom stereocenters. The van der Waals surface area contributed by atoms with E-state index < -0.39 is 0 Å². The molecule has 7 heteroatoms. The molecule has 0 N–H and O–H groups in total. The third-order valence-corrected chi connectivity index (χ3v) is 6.41. The van der Waals surface area contributed by atoms with Crippen LogP contribution in [0, 0.1) is 23.7 Å². The second kappa shape index (κ2) is 20.7. The van der Waals surface area contributed by atoms with E-state index in [1.165, 1.54) is 12.2 Å². The number of benzene rings is 2. The van der Waals surface area contributed by atoms with E-state index in [1.807, 2.05) is 60.7 Å². The fourth-order valence-corrected chi connectivity index (χ4v) is 3.97. The fourth-order valence-electron chi connectivity index (χ4n) is 3.97. The van der Waals surface area contributed by atoms with E-state index in [1.54, 1.807) is 0 Å². The highest BCUT2D eigenvalue weighted by atomic mass is 16.5.